The molecule has 2 atom stereocenters. The summed E-state index contributed by atoms with van der Waals surface area (Å²) in [4.78, 5) is 30.0. The molecule has 0 bridgehead atoms. The number of sulfonamides is 1. The average Bonchev–Trinajstić information content (AvgIpc) is 3.02. The van der Waals surface area contributed by atoms with Crippen molar-refractivity contribution in [1.82, 2.24) is 10.2 Å². The maximum Gasteiger partial charge on any atom is 0.264 e. The van der Waals surface area contributed by atoms with Gasteiger partial charge >= 0.3 is 0 Å². The molecule has 0 saturated heterocycles. The van der Waals surface area contributed by atoms with Crippen molar-refractivity contribution in [2.45, 2.75) is 57.1 Å². The first-order chi connectivity index (χ1) is 21.9. The Morgan fingerprint density at radius 1 is 0.913 bits per heavy atom. The number of carbonyl (C=O) groups is 2. The first kappa shape index (κ1) is 35.5. The smallest absolute Gasteiger partial charge is 0.264 e. The van der Waals surface area contributed by atoms with Crippen LogP contribution in [0.2, 0.25) is 10.0 Å². The summed E-state index contributed by atoms with van der Waals surface area (Å²) in [6, 6.07) is 26.4. The highest BCUT2D eigenvalue weighted by Gasteiger charge is 2.35. The first-order valence-corrected chi connectivity index (χ1v) is 17.8. The predicted molar refractivity (Wildman–Crippen MR) is 189 cm³/mol. The molecule has 4 rings (SSSR count). The van der Waals surface area contributed by atoms with Gasteiger partial charge in [0.05, 0.1) is 10.6 Å². The van der Waals surface area contributed by atoms with Gasteiger partial charge in [0, 0.05) is 33.5 Å². The highest BCUT2D eigenvalue weighted by atomic mass is 79.9. The van der Waals surface area contributed by atoms with E-state index in [9.17, 15) is 18.0 Å². The van der Waals surface area contributed by atoms with Crippen molar-refractivity contribution in [2.75, 3.05) is 10.8 Å². The van der Waals surface area contributed by atoms with E-state index in [4.69, 9.17) is 23.2 Å². The number of carbonyl (C=O) groups excluding carboxylic acids is 2. The monoisotopic (exact) mass is 743 g/mol. The number of anilines is 1. The normalized spacial score (nSPS) is 12.7. The fourth-order valence-corrected chi connectivity index (χ4v) is 7.09. The third kappa shape index (κ3) is 9.12. The molecular weight excluding hydrogens is 709 g/mol. The molecule has 4 aromatic rings. The van der Waals surface area contributed by atoms with Crippen molar-refractivity contribution in [3.05, 3.63) is 128 Å². The van der Waals surface area contributed by atoms with Crippen LogP contribution in [0.1, 0.15) is 37.0 Å². The number of hydrogen-bond donors (Lipinski definition) is 1. The molecule has 2 amide bonds. The first-order valence-electron chi connectivity index (χ1n) is 14.8. The van der Waals surface area contributed by atoms with Crippen molar-refractivity contribution >= 4 is 66.7 Å². The second-order valence-corrected chi connectivity index (χ2v) is 14.7. The van der Waals surface area contributed by atoms with Gasteiger partial charge in [0.1, 0.15) is 12.6 Å². The zero-order valence-corrected chi connectivity index (χ0v) is 29.7. The molecule has 0 fully saturated rings. The Morgan fingerprint density at radius 3 is 2.24 bits per heavy atom. The van der Waals surface area contributed by atoms with Crippen molar-refractivity contribution < 1.29 is 18.0 Å². The molecule has 11 heteroatoms. The largest absolute Gasteiger partial charge is 0.352 e. The molecule has 1 N–H and O–H groups in total. The molecular formula is C35H36BrCl2N3O4S. The number of amides is 2. The number of aryl methyl sites for hydroxylation is 1. The average molecular weight is 746 g/mol. The number of halogens is 3. The Labute approximate surface area is 289 Å². The van der Waals surface area contributed by atoms with Gasteiger partial charge in [0.15, 0.2) is 0 Å². The Balaban J connectivity index is 1.83. The minimum Gasteiger partial charge on any atom is -0.352 e. The molecule has 0 aliphatic rings. The summed E-state index contributed by atoms with van der Waals surface area (Å²) >= 11 is 16.2. The number of nitrogens with one attached hydrogen (secondary N) is 1. The van der Waals surface area contributed by atoms with E-state index in [1.807, 2.05) is 51.1 Å². The van der Waals surface area contributed by atoms with E-state index in [0.29, 0.717) is 26.5 Å². The number of benzene rings is 4. The molecule has 0 aliphatic carbocycles. The van der Waals surface area contributed by atoms with Crippen LogP contribution in [0.4, 0.5) is 5.69 Å². The van der Waals surface area contributed by atoms with Gasteiger partial charge in [-0.05, 0) is 73.9 Å². The van der Waals surface area contributed by atoms with Crippen LogP contribution in [0.25, 0.3) is 0 Å². The third-order valence-corrected chi connectivity index (χ3v) is 10.5. The van der Waals surface area contributed by atoms with Crippen LogP contribution in [-0.4, -0.2) is 43.8 Å². The zero-order chi connectivity index (χ0) is 33.4. The minimum atomic E-state index is -4.21. The van der Waals surface area contributed by atoms with Crippen LogP contribution in [0.5, 0.6) is 0 Å². The summed E-state index contributed by atoms with van der Waals surface area (Å²) in [7, 11) is -4.21. The molecule has 0 aliphatic heterocycles. The van der Waals surface area contributed by atoms with E-state index in [1.54, 1.807) is 54.6 Å². The van der Waals surface area contributed by atoms with E-state index in [-0.39, 0.29) is 35.5 Å². The molecule has 0 heterocycles. The van der Waals surface area contributed by atoms with E-state index in [0.717, 1.165) is 15.4 Å². The lowest BCUT2D eigenvalue weighted by molar-refractivity contribution is -0.140. The van der Waals surface area contributed by atoms with Crippen LogP contribution in [-0.2, 0) is 32.6 Å². The van der Waals surface area contributed by atoms with Crippen molar-refractivity contribution in [1.29, 1.82) is 0 Å². The van der Waals surface area contributed by atoms with Gasteiger partial charge < -0.3 is 10.2 Å². The van der Waals surface area contributed by atoms with Crippen LogP contribution in [0.3, 0.4) is 0 Å². The zero-order valence-electron chi connectivity index (χ0n) is 25.8. The molecule has 0 saturated carbocycles. The summed E-state index contributed by atoms with van der Waals surface area (Å²) in [6.45, 7) is 5.09. The van der Waals surface area contributed by atoms with E-state index in [2.05, 4.69) is 21.2 Å². The molecule has 0 radical (unpaired) electrons. The highest BCUT2D eigenvalue weighted by Crippen LogP contribution is 2.29. The second kappa shape index (κ2) is 16.0. The van der Waals surface area contributed by atoms with Crippen LogP contribution >= 0.6 is 39.1 Å². The number of rotatable bonds is 13. The van der Waals surface area contributed by atoms with Crippen molar-refractivity contribution in [3.63, 3.8) is 0 Å². The number of nitrogens with zero attached hydrogens (tertiary/aromatic N) is 2. The van der Waals surface area contributed by atoms with Gasteiger partial charge in [-0.2, -0.15) is 0 Å². The van der Waals surface area contributed by atoms with Crippen LogP contribution in [0.15, 0.2) is 106 Å². The Morgan fingerprint density at radius 2 is 1.61 bits per heavy atom. The van der Waals surface area contributed by atoms with Crippen molar-refractivity contribution in [2.24, 2.45) is 0 Å². The van der Waals surface area contributed by atoms with E-state index < -0.39 is 28.5 Å². The topological polar surface area (TPSA) is 86.8 Å². The molecule has 242 valence electrons. The molecule has 0 aromatic heterocycles. The lowest BCUT2D eigenvalue weighted by Gasteiger charge is -2.34. The summed E-state index contributed by atoms with van der Waals surface area (Å²) in [5, 5.41) is 3.77. The van der Waals surface area contributed by atoms with Crippen molar-refractivity contribution in [3.8, 4) is 0 Å². The molecule has 7 nitrogen and oxygen atoms in total. The maximum atomic E-state index is 14.6. The minimum absolute atomic E-state index is 0.0357. The van der Waals surface area contributed by atoms with Gasteiger partial charge in [0.25, 0.3) is 10.0 Å². The van der Waals surface area contributed by atoms with E-state index >= 15 is 0 Å². The standard InChI is InChI=1S/C35H36BrCl2N3O4S/c1-4-25(3)39-35(43)33(19-26-9-6-5-7-10-26)40(22-27-15-16-29(37)21-32(27)38)34(42)23-41(30-12-8-11-28(36)20-30)46(44,45)31-17-13-24(2)14-18-31/h5-18,20-21,25,33H,4,19,22-23H2,1-3H3,(H,39,43)/t25-,33+/m0/s1. The SMILES string of the molecule is CC[C@H](C)NC(=O)[C@@H](Cc1ccccc1)N(Cc1ccc(Cl)cc1Cl)C(=O)CN(c1cccc(Br)c1)S(=O)(=O)c1ccc(C)cc1. The van der Waals surface area contributed by atoms with Gasteiger partial charge in [-0.3, -0.25) is 13.9 Å². The summed E-state index contributed by atoms with van der Waals surface area (Å²) in [5.41, 5.74) is 2.58. The molecule has 0 spiro atoms. The fraction of sp³-hybridized carbons (Fsp3) is 0.257. The highest BCUT2D eigenvalue weighted by molar-refractivity contribution is 9.10. The maximum absolute atomic E-state index is 14.6. The lowest BCUT2D eigenvalue weighted by atomic mass is 10.0. The van der Waals surface area contributed by atoms with E-state index in [1.165, 1.54) is 17.0 Å². The molecule has 4 aromatic carbocycles. The van der Waals surface area contributed by atoms with Crippen LogP contribution < -0.4 is 9.62 Å². The quantitative estimate of drug-likeness (QED) is 0.151. The fourth-order valence-electron chi connectivity index (χ4n) is 4.83. The second-order valence-electron chi connectivity index (χ2n) is 11.1. The molecule has 0 unspecified atom stereocenters. The predicted octanol–water partition coefficient (Wildman–Crippen LogP) is 7.81. The van der Waals surface area contributed by atoms with Crippen LogP contribution in [0, 0.1) is 6.92 Å². The third-order valence-electron chi connectivity index (χ3n) is 7.61. The van der Waals surface area contributed by atoms with Gasteiger partial charge in [-0.15, -0.1) is 0 Å². The Bertz CT molecular complexity index is 1770. The lowest BCUT2D eigenvalue weighted by Crippen LogP contribution is -2.54. The Hall–Kier alpha value is -3.37. The summed E-state index contributed by atoms with van der Waals surface area (Å²) < 4.78 is 30.1. The summed E-state index contributed by atoms with van der Waals surface area (Å²) in [6.07, 6.45) is 0.883. The summed E-state index contributed by atoms with van der Waals surface area (Å²) in [5.74, 6) is -0.936. The van der Waals surface area contributed by atoms with Gasteiger partial charge in [0.2, 0.25) is 11.8 Å². The Kier molecular flexibility index (Phi) is 12.3. The molecule has 46 heavy (non-hydrogen) atoms. The van der Waals surface area contributed by atoms with Gasteiger partial charge in [-0.25, -0.2) is 8.42 Å². The number of hydrogen-bond acceptors (Lipinski definition) is 4. The van der Waals surface area contributed by atoms with Gasteiger partial charge in [-0.1, -0.05) is 106 Å².